The van der Waals surface area contributed by atoms with E-state index >= 15 is 0 Å². The Balaban J connectivity index is 1.74. The van der Waals surface area contributed by atoms with E-state index in [2.05, 4.69) is 21.1 Å². The lowest BCUT2D eigenvalue weighted by Crippen LogP contribution is -2.50. The molecule has 0 amide bonds. The maximum Gasteiger partial charge on any atom is 0.307 e. The Bertz CT molecular complexity index is 1310. The van der Waals surface area contributed by atoms with Crippen LogP contribution >= 0.6 is 11.3 Å². The van der Waals surface area contributed by atoms with Crippen LogP contribution in [0.15, 0.2) is 54.2 Å². The number of hydrogen-bond acceptors (Lipinski definition) is 5. The fourth-order valence-corrected chi connectivity index (χ4v) is 4.67. The summed E-state index contributed by atoms with van der Waals surface area (Å²) in [6, 6.07) is 12.2. The molecular formula is C24H22F2N5OS+. The first-order valence-electron chi connectivity index (χ1n) is 10.4. The molecule has 0 aliphatic rings. The first-order valence-corrected chi connectivity index (χ1v) is 11.3. The van der Waals surface area contributed by atoms with Gasteiger partial charge in [-0.2, -0.15) is 15.0 Å². The monoisotopic (exact) mass is 466 g/mol. The van der Waals surface area contributed by atoms with Crippen molar-refractivity contribution in [1.29, 1.82) is 5.26 Å². The molecular weight excluding hydrogens is 444 g/mol. The fraction of sp³-hybridized carbons (Fsp3) is 0.250. The summed E-state index contributed by atoms with van der Waals surface area (Å²) in [7, 11) is 0. The summed E-state index contributed by atoms with van der Waals surface area (Å²) in [6.45, 7) is 3.60. The quantitative estimate of drug-likeness (QED) is 0.399. The molecule has 0 bridgehead atoms. The molecule has 6 nitrogen and oxygen atoms in total. The third kappa shape index (κ3) is 4.53. The van der Waals surface area contributed by atoms with Gasteiger partial charge in [-0.15, -0.1) is 11.3 Å². The number of benzene rings is 2. The van der Waals surface area contributed by atoms with Crippen LogP contribution in [0, 0.1) is 23.0 Å². The molecule has 4 aromatic rings. The second-order valence-electron chi connectivity index (χ2n) is 7.81. The van der Waals surface area contributed by atoms with E-state index in [9.17, 15) is 13.9 Å². The maximum atomic E-state index is 14.9. The Morgan fingerprint density at radius 2 is 2.00 bits per heavy atom. The van der Waals surface area contributed by atoms with Crippen molar-refractivity contribution in [3.63, 3.8) is 0 Å². The molecule has 168 valence electrons. The predicted molar refractivity (Wildman–Crippen MR) is 119 cm³/mol. The molecule has 2 aromatic carbocycles. The van der Waals surface area contributed by atoms with Crippen LogP contribution in [0.2, 0.25) is 0 Å². The standard InChI is InChI=1S/C24H21F2N5OS/c1-3-22-28-14-31(30-22)13-24(32,19-10-18(25)8-9-20(19)26)15(2)23-29-21(12-33-23)17-6-4-16(11-27)5-7-17/h4-10,12,14-15,32H,3,13H2,1-2H3/p+1/t15-,24+/m0/s1. The second-order valence-corrected chi connectivity index (χ2v) is 8.70. The Morgan fingerprint density at radius 3 is 2.67 bits per heavy atom. The lowest BCUT2D eigenvalue weighted by molar-refractivity contribution is -0.765. The van der Waals surface area contributed by atoms with Gasteiger partial charge in [0.05, 0.1) is 22.3 Å². The van der Waals surface area contributed by atoms with Crippen molar-refractivity contribution in [3.8, 4) is 17.3 Å². The van der Waals surface area contributed by atoms with E-state index in [1.165, 1.54) is 17.7 Å². The highest BCUT2D eigenvalue weighted by atomic mass is 32.1. The molecule has 0 fully saturated rings. The highest BCUT2D eigenvalue weighted by molar-refractivity contribution is 7.10. The van der Waals surface area contributed by atoms with E-state index in [0.29, 0.717) is 28.5 Å². The van der Waals surface area contributed by atoms with Crippen LogP contribution in [0.1, 0.15) is 41.7 Å². The Labute approximate surface area is 193 Å². The summed E-state index contributed by atoms with van der Waals surface area (Å²) in [5.74, 6) is -1.31. The van der Waals surface area contributed by atoms with Crippen molar-refractivity contribution in [2.45, 2.75) is 38.3 Å². The number of H-pyrrole nitrogens is 1. The van der Waals surface area contributed by atoms with Crippen molar-refractivity contribution in [3.05, 3.63) is 87.8 Å². The molecule has 0 unspecified atom stereocenters. The number of halogens is 2. The van der Waals surface area contributed by atoms with Crippen molar-refractivity contribution >= 4 is 11.3 Å². The molecule has 2 heterocycles. The number of hydrogen-bond donors (Lipinski definition) is 2. The van der Waals surface area contributed by atoms with E-state index in [1.807, 2.05) is 12.3 Å². The van der Waals surface area contributed by atoms with Crippen molar-refractivity contribution < 1.29 is 18.6 Å². The normalized spacial score (nSPS) is 13.9. The maximum absolute atomic E-state index is 14.9. The number of aromatic nitrogens is 4. The third-order valence-electron chi connectivity index (χ3n) is 5.69. The SMILES string of the molecule is CCc1nc[n+](C[C@](O)(c2cc(F)ccc2F)[C@@H](C)c2nc(-c3ccc(C#N)cc3)cs2)[nH]1. The van der Waals surface area contributed by atoms with Gasteiger partial charge in [-0.05, 0) is 35.3 Å². The average molecular weight is 467 g/mol. The molecule has 2 atom stereocenters. The number of aromatic amines is 1. The minimum atomic E-state index is -1.81. The van der Waals surface area contributed by atoms with Gasteiger partial charge in [-0.25, -0.2) is 13.8 Å². The molecule has 0 aliphatic heterocycles. The van der Waals surface area contributed by atoms with Gasteiger partial charge in [0.2, 0.25) is 0 Å². The second kappa shape index (κ2) is 9.17. The molecule has 4 rings (SSSR count). The smallest absolute Gasteiger partial charge is 0.307 e. The van der Waals surface area contributed by atoms with Gasteiger partial charge in [0.1, 0.15) is 23.8 Å². The Morgan fingerprint density at radius 1 is 1.24 bits per heavy atom. The van der Waals surface area contributed by atoms with E-state index < -0.39 is 23.2 Å². The lowest BCUT2D eigenvalue weighted by atomic mass is 9.82. The number of nitriles is 1. The largest absolute Gasteiger partial charge is 0.380 e. The summed E-state index contributed by atoms with van der Waals surface area (Å²) in [5.41, 5.74) is 0.0798. The number of aliphatic hydroxyl groups is 1. The summed E-state index contributed by atoms with van der Waals surface area (Å²) in [5, 5.41) is 26.3. The lowest BCUT2D eigenvalue weighted by Gasteiger charge is -2.32. The van der Waals surface area contributed by atoms with Crippen LogP contribution in [0.3, 0.4) is 0 Å². The highest BCUT2D eigenvalue weighted by Gasteiger charge is 2.43. The van der Waals surface area contributed by atoms with Crippen molar-refractivity contribution in [1.82, 2.24) is 15.1 Å². The van der Waals surface area contributed by atoms with Gasteiger partial charge in [0, 0.05) is 28.8 Å². The minimum absolute atomic E-state index is 0.0761. The highest BCUT2D eigenvalue weighted by Crippen LogP contribution is 2.40. The average Bonchev–Trinajstić information content (AvgIpc) is 3.50. The van der Waals surface area contributed by atoms with Gasteiger partial charge >= 0.3 is 6.33 Å². The molecule has 0 saturated heterocycles. The van der Waals surface area contributed by atoms with Crippen LogP contribution in [0.5, 0.6) is 0 Å². The molecule has 2 N–H and O–H groups in total. The molecule has 2 aromatic heterocycles. The van der Waals surface area contributed by atoms with Gasteiger partial charge in [0.15, 0.2) is 0 Å². The third-order valence-corrected chi connectivity index (χ3v) is 6.71. The van der Waals surface area contributed by atoms with Crippen LogP contribution < -0.4 is 4.68 Å². The van der Waals surface area contributed by atoms with Gasteiger partial charge in [-0.1, -0.05) is 26.0 Å². The van der Waals surface area contributed by atoms with Gasteiger partial charge < -0.3 is 5.11 Å². The molecule has 0 saturated carbocycles. The number of nitrogens with one attached hydrogen (secondary N) is 1. The predicted octanol–water partition coefficient (Wildman–Crippen LogP) is 4.22. The van der Waals surface area contributed by atoms with Gasteiger partial charge in [0.25, 0.3) is 5.82 Å². The zero-order chi connectivity index (χ0) is 23.6. The molecule has 0 radical (unpaired) electrons. The van der Waals surface area contributed by atoms with Crippen LogP contribution in [-0.2, 0) is 18.6 Å². The summed E-state index contributed by atoms with van der Waals surface area (Å²) < 4.78 is 30.5. The minimum Gasteiger partial charge on any atom is -0.380 e. The van der Waals surface area contributed by atoms with E-state index in [-0.39, 0.29) is 12.1 Å². The summed E-state index contributed by atoms with van der Waals surface area (Å²) in [4.78, 5) is 8.90. The zero-order valence-electron chi connectivity index (χ0n) is 18.1. The zero-order valence-corrected chi connectivity index (χ0v) is 18.9. The fourth-order valence-electron chi connectivity index (χ4n) is 3.70. The Kier molecular flexibility index (Phi) is 6.31. The Hall–Kier alpha value is -3.48. The van der Waals surface area contributed by atoms with Crippen LogP contribution in [0.4, 0.5) is 8.78 Å². The van der Waals surface area contributed by atoms with E-state index in [4.69, 9.17) is 5.26 Å². The summed E-state index contributed by atoms with van der Waals surface area (Å²) in [6.07, 6.45) is 2.19. The van der Waals surface area contributed by atoms with Crippen LogP contribution in [0.25, 0.3) is 11.3 Å². The molecule has 0 spiro atoms. The number of thiazole rings is 1. The summed E-state index contributed by atoms with van der Waals surface area (Å²) >= 11 is 1.33. The first kappa shape index (κ1) is 22.7. The van der Waals surface area contributed by atoms with Gasteiger partial charge in [-0.3, -0.25) is 0 Å². The van der Waals surface area contributed by atoms with Crippen molar-refractivity contribution in [2.24, 2.45) is 0 Å². The number of rotatable bonds is 7. The molecule has 0 aliphatic carbocycles. The van der Waals surface area contributed by atoms with E-state index in [0.717, 1.165) is 23.8 Å². The molecule has 33 heavy (non-hydrogen) atoms. The number of nitrogens with zero attached hydrogens (tertiary/aromatic N) is 4. The number of aryl methyl sites for hydroxylation is 1. The topological polar surface area (TPSA) is 89.5 Å². The van der Waals surface area contributed by atoms with Crippen LogP contribution in [-0.4, -0.2) is 20.2 Å². The first-order chi connectivity index (χ1) is 15.8. The molecule has 9 heteroatoms. The van der Waals surface area contributed by atoms with E-state index in [1.54, 1.807) is 35.9 Å². The van der Waals surface area contributed by atoms with Crippen molar-refractivity contribution in [2.75, 3.05) is 0 Å².